The number of rotatable bonds is 9. The molecule has 0 aliphatic heterocycles. The van der Waals surface area contributed by atoms with E-state index in [4.69, 9.17) is 22.8 Å². The van der Waals surface area contributed by atoms with Gasteiger partial charge in [0.1, 0.15) is 5.75 Å². The van der Waals surface area contributed by atoms with Crippen LogP contribution in [0, 0.1) is 0 Å². The molecule has 1 amide bonds. The van der Waals surface area contributed by atoms with E-state index in [-0.39, 0.29) is 0 Å². The van der Waals surface area contributed by atoms with Crippen LogP contribution < -0.4 is 10.1 Å². The van der Waals surface area contributed by atoms with Gasteiger partial charge < -0.3 is 28.1 Å². The van der Waals surface area contributed by atoms with Gasteiger partial charge in [-0.2, -0.15) is 0 Å². The van der Waals surface area contributed by atoms with Crippen molar-refractivity contribution in [1.29, 1.82) is 0 Å². The minimum absolute atomic E-state index is 0.364. The molecular formula is C13H21NO8P2. The maximum atomic E-state index is 12.7. The maximum absolute atomic E-state index is 12.7. The Balaban J connectivity index is 3.20. The molecule has 11 heteroatoms. The zero-order valence-electron chi connectivity index (χ0n) is 14.0. The van der Waals surface area contributed by atoms with Crippen LogP contribution in [0.5, 0.6) is 5.75 Å². The van der Waals surface area contributed by atoms with Gasteiger partial charge in [-0.15, -0.1) is 0 Å². The molecular weight excluding hydrogens is 360 g/mol. The van der Waals surface area contributed by atoms with Gasteiger partial charge in [0.15, 0.2) is 0 Å². The van der Waals surface area contributed by atoms with Crippen LogP contribution in [0.1, 0.15) is 0 Å². The van der Waals surface area contributed by atoms with Crippen molar-refractivity contribution in [3.8, 4) is 5.75 Å². The number of ether oxygens (including phenoxy) is 1. The molecule has 0 atom stereocenters. The van der Waals surface area contributed by atoms with Crippen LogP contribution in [-0.4, -0.2) is 46.9 Å². The summed E-state index contributed by atoms with van der Waals surface area (Å²) in [5.41, 5.74) is 0.364. The average molecular weight is 381 g/mol. The van der Waals surface area contributed by atoms with Gasteiger partial charge in [-0.3, -0.25) is 13.9 Å². The molecule has 0 heterocycles. The fourth-order valence-electron chi connectivity index (χ4n) is 1.89. The molecule has 0 radical (unpaired) electrons. The van der Waals surface area contributed by atoms with Crippen LogP contribution in [0.4, 0.5) is 5.69 Å². The van der Waals surface area contributed by atoms with Crippen molar-refractivity contribution in [2.24, 2.45) is 0 Å². The number of methoxy groups -OCH3 is 1. The monoisotopic (exact) mass is 381 g/mol. The number of anilines is 1. The largest absolute Gasteiger partial charge is 0.497 e. The summed E-state index contributed by atoms with van der Waals surface area (Å²) in [6, 6.07) is 6.35. The summed E-state index contributed by atoms with van der Waals surface area (Å²) in [5.74, 6) is -0.303. The molecule has 0 spiro atoms. The van der Waals surface area contributed by atoms with E-state index in [9.17, 15) is 13.9 Å². The van der Waals surface area contributed by atoms with Crippen LogP contribution in [0.25, 0.3) is 0 Å². The van der Waals surface area contributed by atoms with E-state index in [1.807, 2.05) is 0 Å². The number of hydrogen-bond donors (Lipinski definition) is 1. The van der Waals surface area contributed by atoms with Gasteiger partial charge in [-0.1, -0.05) is 0 Å². The van der Waals surface area contributed by atoms with Crippen LogP contribution in [0.2, 0.25) is 0 Å². The zero-order chi connectivity index (χ0) is 18.4. The first-order chi connectivity index (χ1) is 11.3. The molecule has 1 rings (SSSR count). The summed E-state index contributed by atoms with van der Waals surface area (Å²) in [5, 5.41) is 0.689. The summed E-state index contributed by atoms with van der Waals surface area (Å²) in [7, 11) is -2.40. The van der Waals surface area contributed by atoms with Gasteiger partial charge in [-0.05, 0) is 24.3 Å². The summed E-state index contributed by atoms with van der Waals surface area (Å²) >= 11 is 0. The van der Waals surface area contributed by atoms with Gasteiger partial charge in [-0.25, -0.2) is 0 Å². The van der Waals surface area contributed by atoms with E-state index < -0.39 is 26.5 Å². The topological polar surface area (TPSA) is 109 Å². The lowest BCUT2D eigenvalue weighted by atomic mass is 10.3. The standard InChI is InChI=1S/C13H21NO8P2/c1-18-11-8-6-10(7-9-11)14-12(15)13(23(16,19-2)20-3)24(17,21-4)22-5/h6-9,13H,1-5H3,(H,14,15). The highest BCUT2D eigenvalue weighted by Crippen LogP contribution is 2.69. The molecule has 136 valence electrons. The predicted molar refractivity (Wildman–Crippen MR) is 88.7 cm³/mol. The minimum Gasteiger partial charge on any atom is -0.497 e. The maximum Gasteiger partial charge on any atom is 0.354 e. The third-order valence-corrected chi connectivity index (χ3v) is 8.61. The van der Waals surface area contributed by atoms with Crippen LogP contribution in [0.3, 0.4) is 0 Å². The van der Waals surface area contributed by atoms with Crippen LogP contribution in [-0.2, 0) is 32.0 Å². The summed E-state index contributed by atoms with van der Waals surface area (Å²) in [6.07, 6.45) is 0. The summed E-state index contributed by atoms with van der Waals surface area (Å²) in [6.45, 7) is 0. The zero-order valence-corrected chi connectivity index (χ0v) is 15.8. The van der Waals surface area contributed by atoms with E-state index in [1.165, 1.54) is 7.11 Å². The first-order valence-electron chi connectivity index (χ1n) is 6.67. The van der Waals surface area contributed by atoms with Gasteiger partial charge in [0.05, 0.1) is 7.11 Å². The highest BCUT2D eigenvalue weighted by Gasteiger charge is 2.54. The number of amides is 1. The average Bonchev–Trinajstić information content (AvgIpc) is 2.61. The Morgan fingerprint density at radius 2 is 1.29 bits per heavy atom. The van der Waals surface area contributed by atoms with Crippen molar-refractivity contribution >= 4 is 26.8 Å². The summed E-state index contributed by atoms with van der Waals surface area (Å²) < 4.78 is 49.7. The number of hydrogen-bond acceptors (Lipinski definition) is 8. The second-order valence-corrected chi connectivity index (χ2v) is 9.46. The molecule has 0 fully saturated rings. The van der Waals surface area contributed by atoms with Gasteiger partial charge >= 0.3 is 15.2 Å². The van der Waals surface area contributed by atoms with Crippen LogP contribution in [0.15, 0.2) is 24.3 Å². The van der Waals surface area contributed by atoms with Crippen LogP contribution >= 0.6 is 15.2 Å². The highest BCUT2D eigenvalue weighted by atomic mass is 31.2. The third-order valence-electron chi connectivity index (χ3n) is 3.21. The second kappa shape index (κ2) is 8.76. The lowest BCUT2D eigenvalue weighted by Crippen LogP contribution is -2.30. The Morgan fingerprint density at radius 1 is 0.875 bits per heavy atom. The molecule has 0 aromatic heterocycles. The fourth-order valence-corrected chi connectivity index (χ4v) is 6.21. The fraction of sp³-hybridized carbons (Fsp3) is 0.462. The van der Waals surface area contributed by atoms with Gasteiger partial charge in [0, 0.05) is 34.1 Å². The number of carbonyl (C=O) groups is 1. The Hall–Kier alpha value is -1.21. The van der Waals surface area contributed by atoms with E-state index >= 15 is 0 Å². The third kappa shape index (κ3) is 4.45. The van der Waals surface area contributed by atoms with Crippen molar-refractivity contribution in [3.63, 3.8) is 0 Å². The predicted octanol–water partition coefficient (Wildman–Crippen LogP) is 2.93. The Labute approximate surface area is 140 Å². The molecule has 0 bridgehead atoms. The Bertz CT molecular complexity index is 606. The number of nitrogens with one attached hydrogen (secondary N) is 1. The molecule has 9 nitrogen and oxygen atoms in total. The molecule has 1 aromatic rings. The van der Waals surface area contributed by atoms with Crippen molar-refractivity contribution in [3.05, 3.63) is 24.3 Å². The minimum atomic E-state index is -4.10. The normalized spacial score (nSPS) is 12.2. The Morgan fingerprint density at radius 3 is 1.62 bits per heavy atom. The molecule has 0 saturated heterocycles. The lowest BCUT2D eigenvalue weighted by Gasteiger charge is -2.27. The Kier molecular flexibility index (Phi) is 7.60. The SMILES string of the molecule is COc1ccc(NC(=O)C(P(=O)(OC)OC)P(=O)(OC)OC)cc1. The summed E-state index contributed by atoms with van der Waals surface area (Å²) in [4.78, 5) is 12.6. The molecule has 0 aliphatic carbocycles. The number of benzene rings is 1. The van der Waals surface area contributed by atoms with E-state index in [0.717, 1.165) is 28.4 Å². The number of carbonyl (C=O) groups excluding carboxylic acids is 1. The van der Waals surface area contributed by atoms with Crippen molar-refractivity contribution in [2.45, 2.75) is 5.40 Å². The van der Waals surface area contributed by atoms with Crippen molar-refractivity contribution in [1.82, 2.24) is 0 Å². The molecule has 0 aliphatic rings. The molecule has 24 heavy (non-hydrogen) atoms. The van der Waals surface area contributed by atoms with Gasteiger partial charge in [0.2, 0.25) is 5.40 Å². The second-order valence-electron chi connectivity index (χ2n) is 4.40. The molecule has 1 aromatic carbocycles. The van der Waals surface area contributed by atoms with E-state index in [0.29, 0.717) is 11.4 Å². The molecule has 0 saturated carbocycles. The van der Waals surface area contributed by atoms with Crippen molar-refractivity contribution in [2.75, 3.05) is 40.9 Å². The quantitative estimate of drug-likeness (QED) is 0.651. The molecule has 1 N–H and O–H groups in total. The molecule has 0 unspecified atom stereocenters. The first-order valence-corrected chi connectivity index (χ1v) is 9.90. The van der Waals surface area contributed by atoms with E-state index in [1.54, 1.807) is 24.3 Å². The smallest absolute Gasteiger partial charge is 0.354 e. The lowest BCUT2D eigenvalue weighted by molar-refractivity contribution is -0.115. The van der Waals surface area contributed by atoms with E-state index in [2.05, 4.69) is 5.32 Å². The van der Waals surface area contributed by atoms with Gasteiger partial charge in [0.25, 0.3) is 5.91 Å². The van der Waals surface area contributed by atoms with Crippen molar-refractivity contribution < 1.29 is 36.8 Å². The highest BCUT2D eigenvalue weighted by molar-refractivity contribution is 7.74. The first kappa shape index (κ1) is 20.8.